The normalized spacial score (nSPS) is 10.5. The molecule has 0 saturated carbocycles. The van der Waals surface area contributed by atoms with Gasteiger partial charge in [-0.2, -0.15) is 5.10 Å². The molecule has 0 atom stereocenters. The molecule has 1 aromatic heterocycles. The highest BCUT2D eigenvalue weighted by molar-refractivity contribution is 6.32. The van der Waals surface area contributed by atoms with Crippen molar-refractivity contribution in [2.75, 3.05) is 12.4 Å². The summed E-state index contributed by atoms with van der Waals surface area (Å²) in [5, 5.41) is 9.85. The maximum absolute atomic E-state index is 12.5. The molecule has 0 aliphatic rings. The minimum absolute atomic E-state index is 0.156. The van der Waals surface area contributed by atoms with Gasteiger partial charge in [0.05, 0.1) is 10.7 Å². The average molecular weight is 413 g/mol. The van der Waals surface area contributed by atoms with Crippen LogP contribution < -0.4 is 15.4 Å². The molecule has 2 amide bonds. The van der Waals surface area contributed by atoms with Crippen LogP contribution >= 0.6 is 11.6 Å². The first-order chi connectivity index (χ1) is 13.9. The first-order valence-corrected chi connectivity index (χ1v) is 9.30. The Bertz CT molecular complexity index is 1040. The topological polar surface area (TPSA) is 85.3 Å². The van der Waals surface area contributed by atoms with Gasteiger partial charge in [0.1, 0.15) is 12.4 Å². The standard InChI is InChI=1S/C21H21ClN4O3/c1-13-4-9-16(22)18(10-13)29-12-14-5-7-15(8-6-14)20(27)24-17-11-26(3)25-19(17)21(28)23-2/h4-11H,12H2,1-3H3,(H,23,28)(H,24,27). The lowest BCUT2D eigenvalue weighted by atomic mass is 10.1. The van der Waals surface area contributed by atoms with Gasteiger partial charge in [-0.3, -0.25) is 14.3 Å². The van der Waals surface area contributed by atoms with Gasteiger partial charge in [-0.1, -0.05) is 29.8 Å². The number of hydrogen-bond acceptors (Lipinski definition) is 4. The third kappa shape index (κ3) is 4.94. The van der Waals surface area contributed by atoms with E-state index in [4.69, 9.17) is 16.3 Å². The zero-order valence-electron chi connectivity index (χ0n) is 16.3. The van der Waals surface area contributed by atoms with Gasteiger partial charge in [-0.05, 0) is 42.3 Å². The fraction of sp³-hybridized carbons (Fsp3) is 0.190. The maximum Gasteiger partial charge on any atom is 0.273 e. The summed E-state index contributed by atoms with van der Waals surface area (Å²) in [4.78, 5) is 24.4. The Balaban J connectivity index is 1.66. The second kappa shape index (κ2) is 8.79. The maximum atomic E-state index is 12.5. The number of benzene rings is 2. The van der Waals surface area contributed by atoms with Gasteiger partial charge in [0.25, 0.3) is 11.8 Å². The van der Waals surface area contributed by atoms with Gasteiger partial charge >= 0.3 is 0 Å². The molecule has 3 aromatic rings. The van der Waals surface area contributed by atoms with Crippen LogP contribution in [0.4, 0.5) is 5.69 Å². The quantitative estimate of drug-likeness (QED) is 0.648. The molecule has 0 radical (unpaired) electrons. The summed E-state index contributed by atoms with van der Waals surface area (Å²) in [6.07, 6.45) is 1.58. The Morgan fingerprint density at radius 2 is 1.86 bits per heavy atom. The van der Waals surface area contributed by atoms with E-state index in [0.717, 1.165) is 11.1 Å². The number of hydrogen-bond donors (Lipinski definition) is 2. The van der Waals surface area contributed by atoms with Crippen molar-refractivity contribution in [3.05, 3.63) is 76.1 Å². The SMILES string of the molecule is CNC(=O)c1nn(C)cc1NC(=O)c1ccc(COc2cc(C)ccc2Cl)cc1. The van der Waals surface area contributed by atoms with Crippen LogP contribution in [0.5, 0.6) is 5.75 Å². The van der Waals surface area contributed by atoms with Gasteiger partial charge in [0.15, 0.2) is 5.69 Å². The van der Waals surface area contributed by atoms with Gasteiger partial charge in [0, 0.05) is 25.9 Å². The minimum Gasteiger partial charge on any atom is -0.487 e. The summed E-state index contributed by atoms with van der Waals surface area (Å²) < 4.78 is 7.24. The number of rotatable bonds is 6. The number of nitrogens with one attached hydrogen (secondary N) is 2. The Kier molecular flexibility index (Phi) is 6.19. The highest BCUT2D eigenvalue weighted by Crippen LogP contribution is 2.26. The van der Waals surface area contributed by atoms with Gasteiger partial charge < -0.3 is 15.4 Å². The predicted octanol–water partition coefficient (Wildman–Crippen LogP) is 3.57. The van der Waals surface area contributed by atoms with E-state index in [1.54, 1.807) is 31.4 Å². The third-order valence-corrected chi connectivity index (χ3v) is 4.53. The van der Waals surface area contributed by atoms with Gasteiger partial charge in [-0.25, -0.2) is 0 Å². The van der Waals surface area contributed by atoms with E-state index in [-0.39, 0.29) is 17.5 Å². The fourth-order valence-electron chi connectivity index (χ4n) is 2.70. The van der Waals surface area contributed by atoms with Crippen LogP contribution in [0, 0.1) is 6.92 Å². The molecule has 1 heterocycles. The number of halogens is 1. The van der Waals surface area contributed by atoms with Crippen molar-refractivity contribution in [2.24, 2.45) is 7.05 Å². The van der Waals surface area contributed by atoms with Crippen LogP contribution in [0.1, 0.15) is 32.0 Å². The molecule has 3 rings (SSSR count). The van der Waals surface area contributed by atoms with E-state index in [2.05, 4.69) is 15.7 Å². The van der Waals surface area contributed by atoms with Crippen molar-refractivity contribution in [2.45, 2.75) is 13.5 Å². The summed E-state index contributed by atoms with van der Waals surface area (Å²) >= 11 is 6.14. The number of ether oxygens (including phenoxy) is 1. The van der Waals surface area contributed by atoms with Crippen molar-refractivity contribution >= 4 is 29.1 Å². The Morgan fingerprint density at radius 3 is 2.55 bits per heavy atom. The van der Waals surface area contributed by atoms with Gasteiger partial charge in [-0.15, -0.1) is 0 Å². The lowest BCUT2D eigenvalue weighted by Gasteiger charge is -2.10. The zero-order chi connectivity index (χ0) is 21.0. The van der Waals surface area contributed by atoms with Crippen LogP contribution in [0.25, 0.3) is 0 Å². The van der Waals surface area contributed by atoms with E-state index in [0.29, 0.717) is 28.6 Å². The molecule has 0 unspecified atom stereocenters. The van der Waals surface area contributed by atoms with Crippen LogP contribution in [-0.4, -0.2) is 28.6 Å². The molecule has 150 valence electrons. The molecule has 29 heavy (non-hydrogen) atoms. The van der Waals surface area contributed by atoms with E-state index in [9.17, 15) is 9.59 Å². The summed E-state index contributed by atoms with van der Waals surface area (Å²) in [6.45, 7) is 2.29. The summed E-state index contributed by atoms with van der Waals surface area (Å²) in [5.74, 6) is -0.0904. The molecule has 0 fully saturated rings. The highest BCUT2D eigenvalue weighted by Gasteiger charge is 2.17. The number of carbonyl (C=O) groups is 2. The van der Waals surface area contributed by atoms with Crippen LogP contribution in [0.3, 0.4) is 0 Å². The van der Waals surface area contributed by atoms with E-state index in [1.807, 2.05) is 31.2 Å². The number of aryl methyl sites for hydroxylation is 2. The summed E-state index contributed by atoms with van der Waals surface area (Å²) in [6, 6.07) is 12.6. The van der Waals surface area contributed by atoms with Crippen LogP contribution in [0.15, 0.2) is 48.7 Å². The first-order valence-electron chi connectivity index (χ1n) is 8.92. The number of aromatic nitrogens is 2. The summed E-state index contributed by atoms with van der Waals surface area (Å²) in [7, 11) is 3.19. The fourth-order valence-corrected chi connectivity index (χ4v) is 2.87. The molecule has 0 bridgehead atoms. The van der Waals surface area contributed by atoms with E-state index >= 15 is 0 Å². The Labute approximate surface area is 173 Å². The average Bonchev–Trinajstić information content (AvgIpc) is 3.08. The Hall–Kier alpha value is -3.32. The molecular weight excluding hydrogens is 392 g/mol. The zero-order valence-corrected chi connectivity index (χ0v) is 17.1. The first kappa shape index (κ1) is 20.4. The molecule has 2 aromatic carbocycles. The molecule has 2 N–H and O–H groups in total. The molecule has 0 spiro atoms. The number of carbonyl (C=O) groups excluding carboxylic acids is 2. The van der Waals surface area contributed by atoms with Crippen molar-refractivity contribution < 1.29 is 14.3 Å². The second-order valence-corrected chi connectivity index (χ2v) is 6.92. The Morgan fingerprint density at radius 1 is 1.14 bits per heavy atom. The molecule has 0 aliphatic carbocycles. The third-order valence-electron chi connectivity index (χ3n) is 4.22. The smallest absolute Gasteiger partial charge is 0.273 e. The van der Waals surface area contributed by atoms with E-state index in [1.165, 1.54) is 11.7 Å². The van der Waals surface area contributed by atoms with Crippen molar-refractivity contribution in [3.8, 4) is 5.75 Å². The monoisotopic (exact) mass is 412 g/mol. The number of amides is 2. The number of nitrogens with zero attached hydrogens (tertiary/aromatic N) is 2. The van der Waals surface area contributed by atoms with Crippen molar-refractivity contribution in [1.29, 1.82) is 0 Å². The van der Waals surface area contributed by atoms with Gasteiger partial charge in [0.2, 0.25) is 0 Å². The van der Waals surface area contributed by atoms with Crippen LogP contribution in [0.2, 0.25) is 5.02 Å². The molecule has 0 saturated heterocycles. The molecular formula is C21H21ClN4O3. The number of anilines is 1. The highest BCUT2D eigenvalue weighted by atomic mass is 35.5. The second-order valence-electron chi connectivity index (χ2n) is 6.52. The van der Waals surface area contributed by atoms with Crippen molar-refractivity contribution in [3.63, 3.8) is 0 Å². The summed E-state index contributed by atoms with van der Waals surface area (Å²) in [5.41, 5.74) is 2.91. The molecule has 7 nitrogen and oxygen atoms in total. The predicted molar refractivity (Wildman–Crippen MR) is 112 cm³/mol. The molecule has 0 aliphatic heterocycles. The largest absolute Gasteiger partial charge is 0.487 e. The lowest BCUT2D eigenvalue weighted by molar-refractivity contribution is 0.0958. The molecule has 8 heteroatoms. The minimum atomic E-state index is -0.372. The van der Waals surface area contributed by atoms with E-state index < -0.39 is 0 Å². The lowest BCUT2D eigenvalue weighted by Crippen LogP contribution is -2.21. The van der Waals surface area contributed by atoms with Crippen molar-refractivity contribution in [1.82, 2.24) is 15.1 Å². The van der Waals surface area contributed by atoms with Crippen LogP contribution in [-0.2, 0) is 13.7 Å².